The van der Waals surface area contributed by atoms with E-state index in [9.17, 15) is 5.11 Å². The standard InChI is InChI=1S/C14H28O2/c1-5-11(15)10-16-13-9-7-6-8-12(13)14(2,3)4/h11-13,15H,5-10H2,1-4H3/t11-,12-,13?/m0/s1. The molecule has 96 valence electrons. The van der Waals surface area contributed by atoms with Crippen LogP contribution in [0.3, 0.4) is 0 Å². The summed E-state index contributed by atoms with van der Waals surface area (Å²) in [4.78, 5) is 0. The minimum atomic E-state index is -0.289. The van der Waals surface area contributed by atoms with Gasteiger partial charge in [-0.1, -0.05) is 40.5 Å². The third kappa shape index (κ3) is 4.06. The van der Waals surface area contributed by atoms with E-state index >= 15 is 0 Å². The molecular formula is C14H28O2. The fourth-order valence-corrected chi connectivity index (χ4v) is 2.64. The average molecular weight is 228 g/mol. The first-order valence-electron chi connectivity index (χ1n) is 6.74. The van der Waals surface area contributed by atoms with Gasteiger partial charge in [-0.3, -0.25) is 0 Å². The number of hydrogen-bond donors (Lipinski definition) is 1. The van der Waals surface area contributed by atoms with Crippen LogP contribution in [0.4, 0.5) is 0 Å². The Morgan fingerprint density at radius 3 is 2.44 bits per heavy atom. The molecule has 1 aliphatic carbocycles. The first kappa shape index (κ1) is 14.0. The molecule has 0 aromatic rings. The summed E-state index contributed by atoms with van der Waals surface area (Å²) in [5.74, 6) is 0.644. The summed E-state index contributed by atoms with van der Waals surface area (Å²) < 4.78 is 5.92. The fourth-order valence-electron chi connectivity index (χ4n) is 2.64. The first-order valence-corrected chi connectivity index (χ1v) is 6.74. The zero-order valence-electron chi connectivity index (χ0n) is 11.3. The molecule has 1 unspecified atom stereocenters. The number of hydrogen-bond acceptors (Lipinski definition) is 2. The van der Waals surface area contributed by atoms with E-state index in [0.29, 0.717) is 24.0 Å². The van der Waals surface area contributed by atoms with Crippen LogP contribution in [-0.2, 0) is 4.74 Å². The lowest BCUT2D eigenvalue weighted by molar-refractivity contribution is -0.0756. The maximum absolute atomic E-state index is 9.55. The normalized spacial score (nSPS) is 29.1. The molecule has 0 bridgehead atoms. The monoisotopic (exact) mass is 228 g/mol. The molecule has 2 heteroatoms. The first-order chi connectivity index (χ1) is 7.45. The van der Waals surface area contributed by atoms with Gasteiger partial charge in [-0.05, 0) is 30.6 Å². The van der Waals surface area contributed by atoms with Gasteiger partial charge in [0.15, 0.2) is 0 Å². The van der Waals surface area contributed by atoms with Gasteiger partial charge in [-0.25, -0.2) is 0 Å². The van der Waals surface area contributed by atoms with Crippen LogP contribution in [0.2, 0.25) is 0 Å². The summed E-state index contributed by atoms with van der Waals surface area (Å²) in [6.07, 6.45) is 5.90. The van der Waals surface area contributed by atoms with Crippen molar-refractivity contribution in [3.63, 3.8) is 0 Å². The van der Waals surface area contributed by atoms with E-state index in [1.165, 1.54) is 25.7 Å². The van der Waals surface area contributed by atoms with E-state index in [-0.39, 0.29) is 6.10 Å². The number of aliphatic hydroxyl groups excluding tert-OH is 1. The lowest BCUT2D eigenvalue weighted by atomic mass is 9.70. The molecule has 0 aromatic heterocycles. The molecule has 0 aromatic carbocycles. The summed E-state index contributed by atoms with van der Waals surface area (Å²) in [5.41, 5.74) is 0.322. The smallest absolute Gasteiger partial charge is 0.0771 e. The summed E-state index contributed by atoms with van der Waals surface area (Å²) in [7, 11) is 0. The van der Waals surface area contributed by atoms with Crippen LogP contribution >= 0.6 is 0 Å². The number of ether oxygens (including phenoxy) is 1. The van der Waals surface area contributed by atoms with E-state index in [2.05, 4.69) is 20.8 Å². The molecule has 1 fully saturated rings. The summed E-state index contributed by atoms with van der Waals surface area (Å²) >= 11 is 0. The molecule has 16 heavy (non-hydrogen) atoms. The minimum absolute atomic E-state index is 0.289. The largest absolute Gasteiger partial charge is 0.391 e. The second-order valence-electron chi connectivity index (χ2n) is 6.19. The van der Waals surface area contributed by atoms with Gasteiger partial charge in [0.25, 0.3) is 0 Å². The number of aliphatic hydroxyl groups is 1. The second kappa shape index (κ2) is 6.02. The van der Waals surface area contributed by atoms with Crippen molar-refractivity contribution in [3.05, 3.63) is 0 Å². The van der Waals surface area contributed by atoms with Gasteiger partial charge in [0.05, 0.1) is 18.8 Å². The third-order valence-corrected chi connectivity index (χ3v) is 3.79. The van der Waals surface area contributed by atoms with E-state index < -0.39 is 0 Å². The van der Waals surface area contributed by atoms with E-state index in [0.717, 1.165) is 6.42 Å². The minimum Gasteiger partial charge on any atom is -0.391 e. The molecule has 1 aliphatic rings. The van der Waals surface area contributed by atoms with Crippen LogP contribution in [0.15, 0.2) is 0 Å². The highest BCUT2D eigenvalue weighted by Gasteiger charge is 2.34. The van der Waals surface area contributed by atoms with Gasteiger partial charge in [-0.2, -0.15) is 0 Å². The molecule has 0 spiro atoms. The van der Waals surface area contributed by atoms with Crippen LogP contribution in [0.25, 0.3) is 0 Å². The molecular weight excluding hydrogens is 200 g/mol. The Labute approximate surface area is 100 Å². The predicted octanol–water partition coefficient (Wildman–Crippen LogP) is 3.38. The van der Waals surface area contributed by atoms with Gasteiger partial charge < -0.3 is 9.84 Å². The molecule has 0 amide bonds. The van der Waals surface area contributed by atoms with Crippen LogP contribution in [0, 0.1) is 11.3 Å². The van der Waals surface area contributed by atoms with Crippen molar-refractivity contribution in [2.45, 2.75) is 72.0 Å². The van der Waals surface area contributed by atoms with Gasteiger partial charge >= 0.3 is 0 Å². The highest BCUT2D eigenvalue weighted by atomic mass is 16.5. The molecule has 1 rings (SSSR count). The maximum Gasteiger partial charge on any atom is 0.0771 e. The molecule has 2 nitrogen and oxygen atoms in total. The van der Waals surface area contributed by atoms with Gasteiger partial charge in [0.2, 0.25) is 0 Å². The van der Waals surface area contributed by atoms with Crippen LogP contribution < -0.4 is 0 Å². The van der Waals surface area contributed by atoms with Gasteiger partial charge in [0.1, 0.15) is 0 Å². The van der Waals surface area contributed by atoms with Crippen molar-refractivity contribution in [2.24, 2.45) is 11.3 Å². The van der Waals surface area contributed by atoms with Crippen molar-refractivity contribution < 1.29 is 9.84 Å². The molecule has 1 saturated carbocycles. The lowest BCUT2D eigenvalue weighted by Crippen LogP contribution is -2.38. The maximum atomic E-state index is 9.55. The summed E-state index contributed by atoms with van der Waals surface area (Å²) in [5, 5.41) is 9.55. The van der Waals surface area contributed by atoms with Gasteiger partial charge in [0, 0.05) is 0 Å². The van der Waals surface area contributed by atoms with Crippen LogP contribution in [0.1, 0.15) is 59.8 Å². The number of rotatable bonds is 4. The van der Waals surface area contributed by atoms with Crippen LogP contribution in [-0.4, -0.2) is 23.9 Å². The molecule has 0 saturated heterocycles. The Bertz CT molecular complexity index is 195. The van der Waals surface area contributed by atoms with Crippen molar-refractivity contribution in [2.75, 3.05) is 6.61 Å². The summed E-state index contributed by atoms with van der Waals surface area (Å²) in [6, 6.07) is 0. The lowest BCUT2D eigenvalue weighted by Gasteiger charge is -2.40. The molecule has 0 heterocycles. The Balaban J connectivity index is 2.47. The Kier molecular flexibility index (Phi) is 5.26. The Morgan fingerprint density at radius 2 is 1.88 bits per heavy atom. The third-order valence-electron chi connectivity index (χ3n) is 3.79. The van der Waals surface area contributed by atoms with Crippen molar-refractivity contribution in [3.8, 4) is 0 Å². The second-order valence-corrected chi connectivity index (χ2v) is 6.19. The average Bonchev–Trinajstić information content (AvgIpc) is 2.25. The van der Waals surface area contributed by atoms with E-state index in [4.69, 9.17) is 4.74 Å². The van der Waals surface area contributed by atoms with E-state index in [1.54, 1.807) is 0 Å². The molecule has 3 atom stereocenters. The highest BCUT2D eigenvalue weighted by molar-refractivity contribution is 4.84. The molecule has 0 aliphatic heterocycles. The molecule has 0 radical (unpaired) electrons. The topological polar surface area (TPSA) is 29.5 Å². The SMILES string of the molecule is CC[C@H](O)COC1CCCC[C@@H]1C(C)(C)C. The predicted molar refractivity (Wildman–Crippen MR) is 67.5 cm³/mol. The van der Waals surface area contributed by atoms with Crippen molar-refractivity contribution >= 4 is 0 Å². The van der Waals surface area contributed by atoms with Gasteiger partial charge in [-0.15, -0.1) is 0 Å². The van der Waals surface area contributed by atoms with Crippen molar-refractivity contribution in [1.82, 2.24) is 0 Å². The van der Waals surface area contributed by atoms with Crippen molar-refractivity contribution in [1.29, 1.82) is 0 Å². The quantitative estimate of drug-likeness (QED) is 0.799. The molecule has 1 N–H and O–H groups in total. The van der Waals surface area contributed by atoms with Crippen LogP contribution in [0.5, 0.6) is 0 Å². The Hall–Kier alpha value is -0.0800. The zero-order chi connectivity index (χ0) is 12.2. The highest BCUT2D eigenvalue weighted by Crippen LogP contribution is 2.39. The van der Waals surface area contributed by atoms with E-state index in [1.807, 2.05) is 6.92 Å². The fraction of sp³-hybridized carbons (Fsp3) is 1.00. The Morgan fingerprint density at radius 1 is 1.25 bits per heavy atom. The summed E-state index contributed by atoms with van der Waals surface area (Å²) in [6.45, 7) is 9.41. The zero-order valence-corrected chi connectivity index (χ0v) is 11.3.